The smallest absolute Gasteiger partial charge is 0.407 e. The van der Waals surface area contributed by atoms with Crippen molar-refractivity contribution in [2.75, 3.05) is 19.6 Å². The van der Waals surface area contributed by atoms with E-state index in [1.165, 1.54) is 29.2 Å². The Balaban J connectivity index is 1.41. The molecule has 0 saturated carbocycles. The SMILES string of the molecule is O=C(CNC(=O)[C@@H]1CCCN1C(=O)CNC(=O)OCc1ccccc1)Oc1ccc([N+](=O)[O-])cc1. The highest BCUT2D eigenvalue weighted by Crippen LogP contribution is 2.18. The molecule has 0 unspecified atom stereocenters. The number of benzene rings is 2. The molecule has 0 radical (unpaired) electrons. The largest absolute Gasteiger partial charge is 0.445 e. The van der Waals surface area contributed by atoms with Crippen LogP contribution in [0.15, 0.2) is 54.6 Å². The van der Waals surface area contributed by atoms with E-state index in [0.717, 1.165) is 5.56 Å². The van der Waals surface area contributed by atoms with E-state index >= 15 is 0 Å². The molecule has 1 atom stereocenters. The number of ether oxygens (including phenoxy) is 2. The van der Waals surface area contributed by atoms with Crippen LogP contribution < -0.4 is 15.4 Å². The van der Waals surface area contributed by atoms with Crippen LogP contribution in [0.2, 0.25) is 0 Å². The molecule has 0 aromatic heterocycles. The number of carbonyl (C=O) groups is 4. The van der Waals surface area contributed by atoms with Crippen LogP contribution in [0.5, 0.6) is 5.75 Å². The Labute approximate surface area is 200 Å². The van der Waals surface area contributed by atoms with Crippen LogP contribution in [0.25, 0.3) is 0 Å². The molecule has 0 bridgehead atoms. The first-order chi connectivity index (χ1) is 16.8. The lowest BCUT2D eigenvalue weighted by molar-refractivity contribution is -0.384. The first-order valence-electron chi connectivity index (χ1n) is 10.8. The summed E-state index contributed by atoms with van der Waals surface area (Å²) in [4.78, 5) is 60.3. The van der Waals surface area contributed by atoms with Crippen LogP contribution in [0.1, 0.15) is 18.4 Å². The predicted octanol–water partition coefficient (Wildman–Crippen LogP) is 1.53. The summed E-state index contributed by atoms with van der Waals surface area (Å²) >= 11 is 0. The van der Waals surface area contributed by atoms with E-state index in [9.17, 15) is 29.3 Å². The molecule has 1 aliphatic heterocycles. The lowest BCUT2D eigenvalue weighted by Crippen LogP contribution is -2.50. The lowest BCUT2D eigenvalue weighted by atomic mass is 10.2. The summed E-state index contributed by atoms with van der Waals surface area (Å²) < 4.78 is 10.1. The van der Waals surface area contributed by atoms with Crippen molar-refractivity contribution >= 4 is 29.6 Å². The van der Waals surface area contributed by atoms with Gasteiger partial charge in [-0.1, -0.05) is 30.3 Å². The minimum Gasteiger partial charge on any atom is -0.445 e. The number of nitro benzene ring substituents is 1. The van der Waals surface area contributed by atoms with Gasteiger partial charge in [0.2, 0.25) is 11.8 Å². The molecule has 1 saturated heterocycles. The summed E-state index contributed by atoms with van der Waals surface area (Å²) in [6.45, 7) is -0.380. The minimum atomic E-state index is -0.781. The van der Waals surface area contributed by atoms with Crippen LogP contribution in [0.3, 0.4) is 0 Å². The van der Waals surface area contributed by atoms with E-state index < -0.39 is 41.4 Å². The Bertz CT molecular complexity index is 1070. The number of amides is 3. The van der Waals surface area contributed by atoms with Crippen molar-refractivity contribution < 1.29 is 33.6 Å². The van der Waals surface area contributed by atoms with Crippen molar-refractivity contribution in [2.45, 2.75) is 25.5 Å². The topological polar surface area (TPSA) is 157 Å². The van der Waals surface area contributed by atoms with Crippen LogP contribution in [-0.4, -0.2) is 59.4 Å². The van der Waals surface area contributed by atoms with Gasteiger partial charge in [0, 0.05) is 18.7 Å². The molecule has 12 heteroatoms. The Morgan fingerprint density at radius 3 is 2.40 bits per heavy atom. The number of likely N-dealkylation sites (tertiary alicyclic amines) is 1. The van der Waals surface area contributed by atoms with Gasteiger partial charge in [-0.05, 0) is 30.5 Å². The van der Waals surface area contributed by atoms with Crippen LogP contribution >= 0.6 is 0 Å². The molecule has 12 nitrogen and oxygen atoms in total. The fraction of sp³-hybridized carbons (Fsp3) is 0.304. The van der Waals surface area contributed by atoms with Crippen molar-refractivity contribution in [3.8, 4) is 5.75 Å². The highest BCUT2D eigenvalue weighted by Gasteiger charge is 2.34. The quantitative estimate of drug-likeness (QED) is 0.235. The average Bonchev–Trinajstić information content (AvgIpc) is 3.36. The van der Waals surface area contributed by atoms with Crippen molar-refractivity contribution in [3.05, 3.63) is 70.3 Å². The second-order valence-corrected chi connectivity index (χ2v) is 7.60. The predicted molar refractivity (Wildman–Crippen MR) is 121 cm³/mol. The Kier molecular flexibility index (Phi) is 8.70. The van der Waals surface area contributed by atoms with Gasteiger partial charge in [-0.25, -0.2) is 9.59 Å². The number of esters is 1. The Hall–Kier alpha value is -4.48. The van der Waals surface area contributed by atoms with Gasteiger partial charge in [0.15, 0.2) is 0 Å². The number of alkyl carbamates (subject to hydrolysis) is 1. The van der Waals surface area contributed by atoms with Crippen LogP contribution in [0.4, 0.5) is 10.5 Å². The summed E-state index contributed by atoms with van der Waals surface area (Å²) in [5.41, 5.74) is 0.653. The van der Waals surface area contributed by atoms with Gasteiger partial charge >= 0.3 is 12.1 Å². The summed E-state index contributed by atoms with van der Waals surface area (Å²) in [5, 5.41) is 15.5. The molecular formula is C23H24N4O8. The van der Waals surface area contributed by atoms with Crippen molar-refractivity contribution in [1.82, 2.24) is 15.5 Å². The van der Waals surface area contributed by atoms with Crippen molar-refractivity contribution in [2.24, 2.45) is 0 Å². The zero-order valence-corrected chi connectivity index (χ0v) is 18.7. The number of hydrogen-bond donors (Lipinski definition) is 2. The summed E-state index contributed by atoms with van der Waals surface area (Å²) in [5.74, 6) is -1.65. The van der Waals surface area contributed by atoms with E-state index in [4.69, 9.17) is 9.47 Å². The first-order valence-corrected chi connectivity index (χ1v) is 10.8. The third-order valence-electron chi connectivity index (χ3n) is 5.16. The van der Waals surface area contributed by atoms with Crippen LogP contribution in [0, 0.1) is 10.1 Å². The van der Waals surface area contributed by atoms with E-state index in [-0.39, 0.29) is 24.6 Å². The zero-order valence-electron chi connectivity index (χ0n) is 18.7. The van der Waals surface area contributed by atoms with Gasteiger partial charge in [-0.15, -0.1) is 0 Å². The second kappa shape index (κ2) is 12.1. The fourth-order valence-corrected chi connectivity index (χ4v) is 3.44. The maximum Gasteiger partial charge on any atom is 0.407 e. The third kappa shape index (κ3) is 7.52. The van der Waals surface area contributed by atoms with Gasteiger partial charge in [0.1, 0.15) is 31.5 Å². The monoisotopic (exact) mass is 484 g/mol. The van der Waals surface area contributed by atoms with Crippen LogP contribution in [-0.2, 0) is 25.7 Å². The molecule has 3 rings (SSSR count). The number of nitro groups is 1. The van der Waals surface area contributed by atoms with Crippen molar-refractivity contribution in [3.63, 3.8) is 0 Å². The average molecular weight is 484 g/mol. The number of non-ortho nitro benzene ring substituents is 1. The molecule has 1 aliphatic rings. The fourth-order valence-electron chi connectivity index (χ4n) is 3.44. The highest BCUT2D eigenvalue weighted by molar-refractivity contribution is 5.91. The van der Waals surface area contributed by atoms with E-state index in [1.807, 2.05) is 18.2 Å². The van der Waals surface area contributed by atoms with Crippen molar-refractivity contribution in [1.29, 1.82) is 0 Å². The molecular weight excluding hydrogens is 460 g/mol. The van der Waals surface area contributed by atoms with Gasteiger partial charge in [0.25, 0.3) is 5.69 Å². The maximum atomic E-state index is 12.5. The molecule has 0 spiro atoms. The Morgan fingerprint density at radius 1 is 1.00 bits per heavy atom. The lowest BCUT2D eigenvalue weighted by Gasteiger charge is -2.24. The number of rotatable bonds is 9. The first kappa shape index (κ1) is 25.1. The molecule has 35 heavy (non-hydrogen) atoms. The summed E-state index contributed by atoms with van der Waals surface area (Å²) in [6, 6.07) is 13.2. The standard InChI is InChI=1S/C23H24N4O8/c28-20(13-25-23(31)34-15-16-5-2-1-3-6-16)26-12-4-7-19(26)22(30)24-14-21(29)35-18-10-8-17(9-11-18)27(32)33/h1-3,5-6,8-11,19H,4,7,12-15H2,(H,24,30)(H,25,31)/t19-/m0/s1. The van der Waals surface area contributed by atoms with Gasteiger partial charge in [-0.3, -0.25) is 19.7 Å². The normalized spacial score (nSPS) is 14.6. The number of nitrogens with one attached hydrogen (secondary N) is 2. The van der Waals surface area contributed by atoms with Gasteiger partial charge in [-0.2, -0.15) is 0 Å². The van der Waals surface area contributed by atoms with Gasteiger partial charge < -0.3 is 25.0 Å². The molecule has 2 N–H and O–H groups in total. The highest BCUT2D eigenvalue weighted by atomic mass is 16.6. The molecule has 3 amide bonds. The Morgan fingerprint density at radius 2 is 1.71 bits per heavy atom. The maximum absolute atomic E-state index is 12.5. The minimum absolute atomic E-state index is 0.0611. The number of carbonyl (C=O) groups excluding carboxylic acids is 4. The molecule has 2 aromatic carbocycles. The molecule has 2 aromatic rings. The summed E-state index contributed by atoms with van der Waals surface area (Å²) in [7, 11) is 0. The van der Waals surface area contributed by atoms with Gasteiger partial charge in [0.05, 0.1) is 4.92 Å². The zero-order chi connectivity index (χ0) is 25.2. The number of nitrogens with zero attached hydrogens (tertiary/aromatic N) is 2. The van der Waals surface area contributed by atoms with E-state index in [0.29, 0.717) is 19.4 Å². The third-order valence-corrected chi connectivity index (χ3v) is 5.16. The van der Waals surface area contributed by atoms with E-state index in [2.05, 4.69) is 10.6 Å². The van der Waals surface area contributed by atoms with E-state index in [1.54, 1.807) is 12.1 Å². The molecule has 184 valence electrons. The molecule has 0 aliphatic carbocycles. The summed E-state index contributed by atoms with van der Waals surface area (Å²) in [6.07, 6.45) is 0.250. The molecule has 1 fully saturated rings. The number of hydrogen-bond acceptors (Lipinski definition) is 8. The second-order valence-electron chi connectivity index (χ2n) is 7.60. The molecule has 1 heterocycles.